The molecule has 1 aliphatic rings. The van der Waals surface area contributed by atoms with Crippen molar-refractivity contribution in [1.29, 1.82) is 0 Å². The lowest BCUT2D eigenvalue weighted by Gasteiger charge is -2.37. The van der Waals surface area contributed by atoms with Crippen molar-refractivity contribution in [2.45, 2.75) is 26.3 Å². The number of nitrogens with zero attached hydrogens (tertiary/aromatic N) is 3. The molecule has 1 aliphatic heterocycles. The molecule has 0 aromatic heterocycles. The van der Waals surface area contributed by atoms with E-state index >= 15 is 0 Å². The third-order valence-electron chi connectivity index (χ3n) is 4.89. The number of benzene rings is 1. The zero-order chi connectivity index (χ0) is 18.6. The number of likely N-dealkylation sites (N-methyl/N-ethyl adjacent to an activating group) is 1. The molecule has 0 aliphatic carbocycles. The number of ether oxygens (including phenoxy) is 1. The Kier molecular flexibility index (Phi) is 9.28. The number of guanidine groups is 1. The maximum atomic E-state index is 5.71. The van der Waals surface area contributed by atoms with Crippen LogP contribution in [0.2, 0.25) is 0 Å². The van der Waals surface area contributed by atoms with Gasteiger partial charge in [0.2, 0.25) is 0 Å². The van der Waals surface area contributed by atoms with Gasteiger partial charge in [-0.25, -0.2) is 0 Å². The molecule has 1 aromatic carbocycles. The molecule has 0 spiro atoms. The van der Waals surface area contributed by atoms with Crippen LogP contribution in [0.15, 0.2) is 35.3 Å². The number of para-hydroxylation sites is 1. The second-order valence-corrected chi connectivity index (χ2v) is 6.71. The summed E-state index contributed by atoms with van der Waals surface area (Å²) < 4.78 is 5.71. The fourth-order valence-electron chi connectivity index (χ4n) is 3.10. The molecule has 0 amide bonds. The van der Waals surface area contributed by atoms with Gasteiger partial charge in [0.25, 0.3) is 0 Å². The first-order valence-corrected chi connectivity index (χ1v) is 9.81. The Bertz CT molecular complexity index is 514. The Morgan fingerprint density at radius 3 is 2.54 bits per heavy atom. The predicted octanol–water partition coefficient (Wildman–Crippen LogP) is 1.65. The molecule has 2 rings (SSSR count). The molecule has 1 fully saturated rings. The van der Waals surface area contributed by atoms with E-state index in [4.69, 9.17) is 4.74 Å². The van der Waals surface area contributed by atoms with Crippen LogP contribution >= 0.6 is 0 Å². The zero-order valence-electron chi connectivity index (χ0n) is 16.6. The molecular formula is C20H35N5O. The first-order valence-electron chi connectivity index (χ1n) is 9.81. The number of hydrogen-bond donors (Lipinski definition) is 2. The van der Waals surface area contributed by atoms with Crippen molar-refractivity contribution in [1.82, 2.24) is 20.4 Å². The van der Waals surface area contributed by atoms with Gasteiger partial charge in [0.15, 0.2) is 5.96 Å². The highest BCUT2D eigenvalue weighted by atomic mass is 16.5. The Balaban J connectivity index is 1.57. The van der Waals surface area contributed by atoms with Crippen molar-refractivity contribution < 1.29 is 4.74 Å². The molecule has 6 nitrogen and oxygen atoms in total. The molecule has 26 heavy (non-hydrogen) atoms. The largest absolute Gasteiger partial charge is 0.494 e. The lowest BCUT2D eigenvalue weighted by Crippen LogP contribution is -2.53. The second kappa shape index (κ2) is 11.8. The topological polar surface area (TPSA) is 52.1 Å². The third kappa shape index (κ3) is 7.22. The monoisotopic (exact) mass is 361 g/mol. The van der Waals surface area contributed by atoms with E-state index < -0.39 is 0 Å². The minimum absolute atomic E-state index is 0.508. The quantitative estimate of drug-likeness (QED) is 0.398. The van der Waals surface area contributed by atoms with Crippen LogP contribution in [0, 0.1) is 0 Å². The standard InChI is InChI=1S/C20H35N5O/c1-4-24-12-14-25(15-13-24)18(2)17-23-20(21-3)22-11-8-16-26-19-9-6-5-7-10-19/h5-7,9-10,18H,4,8,11-17H2,1-3H3,(H2,21,22,23). The van der Waals surface area contributed by atoms with Crippen molar-refractivity contribution >= 4 is 5.96 Å². The van der Waals surface area contributed by atoms with E-state index in [0.29, 0.717) is 12.6 Å². The van der Waals surface area contributed by atoms with Crippen molar-refractivity contribution in [3.05, 3.63) is 30.3 Å². The Morgan fingerprint density at radius 1 is 1.15 bits per heavy atom. The predicted molar refractivity (Wildman–Crippen MR) is 109 cm³/mol. The summed E-state index contributed by atoms with van der Waals surface area (Å²) in [6, 6.07) is 10.4. The van der Waals surface area contributed by atoms with Crippen LogP contribution in [0.1, 0.15) is 20.3 Å². The normalized spacial score (nSPS) is 17.7. The van der Waals surface area contributed by atoms with Crippen LogP contribution in [0.25, 0.3) is 0 Å². The van der Waals surface area contributed by atoms with Gasteiger partial charge < -0.3 is 20.3 Å². The molecular weight excluding hydrogens is 326 g/mol. The van der Waals surface area contributed by atoms with Crippen LogP contribution in [0.3, 0.4) is 0 Å². The van der Waals surface area contributed by atoms with Gasteiger partial charge in [-0.2, -0.15) is 0 Å². The van der Waals surface area contributed by atoms with Crippen molar-refractivity contribution in [2.75, 3.05) is 59.5 Å². The lowest BCUT2D eigenvalue weighted by atomic mass is 10.2. The molecule has 1 unspecified atom stereocenters. The molecule has 6 heteroatoms. The van der Waals surface area contributed by atoms with Crippen LogP contribution in [0.5, 0.6) is 5.75 Å². The van der Waals surface area contributed by atoms with Gasteiger partial charge in [-0.05, 0) is 32.0 Å². The summed E-state index contributed by atoms with van der Waals surface area (Å²) in [4.78, 5) is 9.38. The maximum Gasteiger partial charge on any atom is 0.191 e. The molecule has 146 valence electrons. The first kappa shape index (κ1) is 20.5. The summed E-state index contributed by atoms with van der Waals surface area (Å²) in [7, 11) is 1.82. The Hall–Kier alpha value is -1.79. The van der Waals surface area contributed by atoms with Gasteiger partial charge in [-0.15, -0.1) is 0 Å². The fourth-order valence-corrected chi connectivity index (χ4v) is 3.10. The highest BCUT2D eigenvalue weighted by Gasteiger charge is 2.20. The van der Waals surface area contributed by atoms with Gasteiger partial charge >= 0.3 is 0 Å². The van der Waals surface area contributed by atoms with E-state index in [2.05, 4.69) is 39.3 Å². The van der Waals surface area contributed by atoms with Gasteiger partial charge in [0, 0.05) is 52.4 Å². The molecule has 0 radical (unpaired) electrons. The number of nitrogens with one attached hydrogen (secondary N) is 2. The van der Waals surface area contributed by atoms with Gasteiger partial charge in [0.1, 0.15) is 5.75 Å². The molecule has 0 saturated carbocycles. The minimum atomic E-state index is 0.508. The average Bonchev–Trinajstić information content (AvgIpc) is 2.70. The Labute approximate surface area is 158 Å². The lowest BCUT2D eigenvalue weighted by molar-refractivity contribution is 0.107. The maximum absolute atomic E-state index is 5.71. The van der Waals surface area contributed by atoms with E-state index in [9.17, 15) is 0 Å². The summed E-state index contributed by atoms with van der Waals surface area (Å²) in [5, 5.41) is 6.81. The molecule has 0 bridgehead atoms. The number of piperazine rings is 1. The van der Waals surface area contributed by atoms with Gasteiger partial charge in [-0.1, -0.05) is 25.1 Å². The summed E-state index contributed by atoms with van der Waals surface area (Å²) in [5.41, 5.74) is 0. The molecule has 1 aromatic rings. The van der Waals surface area contributed by atoms with Crippen LogP contribution in [-0.2, 0) is 0 Å². The highest BCUT2D eigenvalue weighted by molar-refractivity contribution is 5.79. The third-order valence-corrected chi connectivity index (χ3v) is 4.89. The second-order valence-electron chi connectivity index (χ2n) is 6.71. The van der Waals surface area contributed by atoms with E-state index in [1.165, 1.54) is 13.1 Å². The van der Waals surface area contributed by atoms with Crippen molar-refractivity contribution in [3.63, 3.8) is 0 Å². The van der Waals surface area contributed by atoms with E-state index in [1.54, 1.807) is 0 Å². The Morgan fingerprint density at radius 2 is 1.88 bits per heavy atom. The van der Waals surface area contributed by atoms with Crippen LogP contribution in [-0.4, -0.2) is 81.3 Å². The van der Waals surface area contributed by atoms with Crippen molar-refractivity contribution in [3.8, 4) is 5.75 Å². The zero-order valence-corrected chi connectivity index (χ0v) is 16.6. The fraction of sp³-hybridized carbons (Fsp3) is 0.650. The number of rotatable bonds is 9. The molecule has 1 heterocycles. The molecule has 1 saturated heterocycles. The van der Waals surface area contributed by atoms with E-state index in [1.807, 2.05) is 37.4 Å². The van der Waals surface area contributed by atoms with Crippen LogP contribution in [0.4, 0.5) is 0 Å². The minimum Gasteiger partial charge on any atom is -0.494 e. The summed E-state index contributed by atoms with van der Waals surface area (Å²) in [5.74, 6) is 1.79. The summed E-state index contributed by atoms with van der Waals surface area (Å²) in [6.07, 6.45) is 0.935. The van der Waals surface area contributed by atoms with E-state index in [-0.39, 0.29) is 0 Å². The highest BCUT2D eigenvalue weighted by Crippen LogP contribution is 2.08. The van der Waals surface area contributed by atoms with Crippen molar-refractivity contribution in [2.24, 2.45) is 4.99 Å². The molecule has 2 N–H and O–H groups in total. The number of aliphatic imine (C=N–C) groups is 1. The SMILES string of the molecule is CCN1CCN(C(C)CNC(=NC)NCCCOc2ccccc2)CC1. The summed E-state index contributed by atoms with van der Waals surface area (Å²) in [6.45, 7) is 12.8. The first-order chi connectivity index (χ1) is 12.7. The summed E-state index contributed by atoms with van der Waals surface area (Å²) >= 11 is 0. The smallest absolute Gasteiger partial charge is 0.191 e. The van der Waals surface area contributed by atoms with Gasteiger partial charge in [0.05, 0.1) is 6.61 Å². The number of hydrogen-bond acceptors (Lipinski definition) is 4. The average molecular weight is 362 g/mol. The molecule has 1 atom stereocenters. The van der Waals surface area contributed by atoms with Gasteiger partial charge in [-0.3, -0.25) is 9.89 Å². The van der Waals surface area contributed by atoms with E-state index in [0.717, 1.165) is 50.9 Å². The van der Waals surface area contributed by atoms with Crippen LogP contribution < -0.4 is 15.4 Å².